The van der Waals surface area contributed by atoms with Gasteiger partial charge in [-0.3, -0.25) is 0 Å². The van der Waals surface area contributed by atoms with Crippen molar-refractivity contribution in [3.05, 3.63) is 26.6 Å². The Balaban J connectivity index is 2.87. The summed E-state index contributed by atoms with van der Waals surface area (Å²) in [4.78, 5) is 14.9. The number of halogens is 2. The van der Waals surface area contributed by atoms with Crippen LogP contribution in [0.4, 0.5) is 0 Å². The molecule has 1 aromatic rings. The monoisotopic (exact) mass is 393 g/mol. The zero-order valence-electron chi connectivity index (χ0n) is 10.2. The van der Waals surface area contributed by atoms with Gasteiger partial charge >= 0.3 is 5.97 Å². The Morgan fingerprint density at radius 3 is 2.84 bits per heavy atom. The lowest BCUT2D eigenvalue weighted by Crippen LogP contribution is -2.04. The minimum atomic E-state index is -1.07. The second-order valence-corrected chi connectivity index (χ2v) is 5.33. The second kappa shape index (κ2) is 8.16. The molecule has 1 N–H and O–H groups in total. The number of hydrogen-bond acceptors (Lipinski definition) is 4. The van der Waals surface area contributed by atoms with Crippen molar-refractivity contribution in [2.45, 2.75) is 13.3 Å². The number of carboxylic acids is 1. The highest BCUT2D eigenvalue weighted by atomic mass is 79.9. The van der Waals surface area contributed by atoms with E-state index < -0.39 is 12.6 Å². The molecule has 0 aliphatic heterocycles. The maximum atomic E-state index is 10.3. The molecule has 19 heavy (non-hydrogen) atoms. The summed E-state index contributed by atoms with van der Waals surface area (Å²) < 4.78 is 7.26. The van der Waals surface area contributed by atoms with Gasteiger partial charge in [0.1, 0.15) is 5.75 Å². The van der Waals surface area contributed by atoms with Gasteiger partial charge in [-0.05, 0) is 34.5 Å². The fourth-order valence-corrected chi connectivity index (χ4v) is 2.59. The minimum Gasteiger partial charge on any atom is -0.492 e. The molecule has 104 valence electrons. The molecule has 0 unspecified atom stereocenters. The summed E-state index contributed by atoms with van der Waals surface area (Å²) in [5.74, 6) is -0.428. The molecule has 0 aliphatic carbocycles. The lowest BCUT2D eigenvalue weighted by molar-refractivity contribution is -0.142. The number of aliphatic carboxylic acids is 1. The van der Waals surface area contributed by atoms with Gasteiger partial charge in [0.05, 0.1) is 17.3 Å². The van der Waals surface area contributed by atoms with Crippen LogP contribution >= 0.6 is 31.9 Å². The first kappa shape index (κ1) is 16.0. The van der Waals surface area contributed by atoms with Crippen LogP contribution in [-0.2, 0) is 9.63 Å². The summed E-state index contributed by atoms with van der Waals surface area (Å²) in [5, 5.41) is 12.0. The van der Waals surface area contributed by atoms with Gasteiger partial charge in [-0.15, -0.1) is 0 Å². The Bertz CT molecular complexity index is 477. The highest BCUT2D eigenvalue weighted by molar-refractivity contribution is 9.11. The number of carboxylic acid groups (broad SMARTS) is 1. The predicted molar refractivity (Wildman–Crippen MR) is 78.8 cm³/mol. The summed E-state index contributed by atoms with van der Waals surface area (Å²) in [6.07, 6.45) is 2.30. The van der Waals surface area contributed by atoms with Gasteiger partial charge in [0.25, 0.3) is 0 Å². The highest BCUT2D eigenvalue weighted by Gasteiger charge is 2.09. The lowest BCUT2D eigenvalue weighted by Gasteiger charge is -2.10. The topological polar surface area (TPSA) is 68.1 Å². The molecule has 0 saturated carbocycles. The van der Waals surface area contributed by atoms with Crippen molar-refractivity contribution >= 4 is 44.0 Å². The lowest BCUT2D eigenvalue weighted by atomic mass is 10.2. The van der Waals surface area contributed by atoms with Gasteiger partial charge in [0, 0.05) is 10.0 Å². The van der Waals surface area contributed by atoms with Crippen molar-refractivity contribution in [3.8, 4) is 5.75 Å². The molecule has 0 saturated heterocycles. The maximum Gasteiger partial charge on any atom is 0.344 e. The van der Waals surface area contributed by atoms with E-state index in [0.29, 0.717) is 17.9 Å². The van der Waals surface area contributed by atoms with E-state index in [-0.39, 0.29) is 0 Å². The first-order valence-corrected chi connectivity index (χ1v) is 7.12. The first-order chi connectivity index (χ1) is 9.04. The van der Waals surface area contributed by atoms with E-state index >= 15 is 0 Å². The van der Waals surface area contributed by atoms with E-state index in [1.165, 1.54) is 6.21 Å². The molecule has 0 heterocycles. The van der Waals surface area contributed by atoms with Crippen LogP contribution in [0.25, 0.3) is 0 Å². The van der Waals surface area contributed by atoms with Crippen LogP contribution in [0.15, 0.2) is 26.2 Å². The quantitative estimate of drug-likeness (QED) is 0.568. The number of hydrogen-bond donors (Lipinski definition) is 1. The van der Waals surface area contributed by atoms with Gasteiger partial charge in [-0.25, -0.2) is 4.79 Å². The van der Waals surface area contributed by atoms with Crippen molar-refractivity contribution in [1.29, 1.82) is 0 Å². The van der Waals surface area contributed by atoms with Gasteiger partial charge in [-0.2, -0.15) is 0 Å². The third-order valence-electron chi connectivity index (χ3n) is 1.94. The van der Waals surface area contributed by atoms with Crippen LogP contribution in [0.5, 0.6) is 5.75 Å². The molecule has 0 amide bonds. The standard InChI is InChI=1S/C12H13Br2NO4/c1-2-3-18-12-8(4-9(13)5-10(12)14)6-15-19-7-11(16)17/h4-6H,2-3,7H2,1H3,(H,16,17). The van der Waals surface area contributed by atoms with Crippen LogP contribution < -0.4 is 4.74 Å². The molecule has 1 aromatic carbocycles. The van der Waals surface area contributed by atoms with E-state index in [9.17, 15) is 4.79 Å². The molecule has 0 radical (unpaired) electrons. The van der Waals surface area contributed by atoms with Crippen molar-refractivity contribution in [2.75, 3.05) is 13.2 Å². The van der Waals surface area contributed by atoms with Gasteiger partial charge in [0.2, 0.25) is 6.61 Å². The molecule has 5 nitrogen and oxygen atoms in total. The molecular weight excluding hydrogens is 382 g/mol. The first-order valence-electron chi connectivity index (χ1n) is 5.53. The average molecular weight is 395 g/mol. The van der Waals surface area contributed by atoms with Crippen LogP contribution in [0.3, 0.4) is 0 Å². The number of benzene rings is 1. The SMILES string of the molecule is CCCOc1c(Br)cc(Br)cc1C=NOCC(=O)O. The third kappa shape index (κ3) is 5.61. The summed E-state index contributed by atoms with van der Waals surface area (Å²) in [7, 11) is 0. The van der Waals surface area contributed by atoms with E-state index in [0.717, 1.165) is 15.4 Å². The Hall–Kier alpha value is -1.08. The van der Waals surface area contributed by atoms with Crippen molar-refractivity contribution in [3.63, 3.8) is 0 Å². The van der Waals surface area contributed by atoms with Gasteiger partial charge < -0.3 is 14.7 Å². The fourth-order valence-electron chi connectivity index (χ4n) is 1.22. The van der Waals surface area contributed by atoms with Crippen molar-refractivity contribution in [2.24, 2.45) is 5.16 Å². The number of carbonyl (C=O) groups is 1. The fraction of sp³-hybridized carbons (Fsp3) is 0.333. The van der Waals surface area contributed by atoms with E-state index in [1.54, 1.807) is 0 Å². The minimum absolute atomic E-state index is 0.475. The highest BCUT2D eigenvalue weighted by Crippen LogP contribution is 2.32. The second-order valence-electron chi connectivity index (χ2n) is 3.56. The molecule has 1 rings (SSSR count). The summed E-state index contributed by atoms with van der Waals surface area (Å²) in [6.45, 7) is 2.12. The van der Waals surface area contributed by atoms with Crippen molar-refractivity contribution < 1.29 is 19.5 Å². The summed E-state index contributed by atoms with van der Waals surface area (Å²) in [5.41, 5.74) is 0.695. The van der Waals surface area contributed by atoms with E-state index in [1.807, 2.05) is 19.1 Å². The van der Waals surface area contributed by atoms with Crippen LogP contribution in [0.1, 0.15) is 18.9 Å². The number of nitrogens with zero attached hydrogens (tertiary/aromatic N) is 1. The molecule has 0 aromatic heterocycles. The van der Waals surface area contributed by atoms with Gasteiger partial charge in [-0.1, -0.05) is 28.0 Å². The van der Waals surface area contributed by atoms with Crippen LogP contribution in [0, 0.1) is 0 Å². The Morgan fingerprint density at radius 2 is 2.21 bits per heavy atom. The van der Waals surface area contributed by atoms with Crippen molar-refractivity contribution in [1.82, 2.24) is 0 Å². The molecular formula is C12H13Br2NO4. The van der Waals surface area contributed by atoms with Gasteiger partial charge in [0.15, 0.2) is 0 Å². The zero-order valence-corrected chi connectivity index (χ0v) is 13.4. The number of rotatable bonds is 7. The maximum absolute atomic E-state index is 10.3. The largest absolute Gasteiger partial charge is 0.492 e. The summed E-state index contributed by atoms with van der Waals surface area (Å²) >= 11 is 6.77. The zero-order chi connectivity index (χ0) is 14.3. The number of ether oxygens (including phenoxy) is 1. The van der Waals surface area contributed by atoms with Crippen LogP contribution in [0.2, 0.25) is 0 Å². The van der Waals surface area contributed by atoms with E-state index in [2.05, 4.69) is 41.9 Å². The Kier molecular flexibility index (Phi) is 6.86. The molecule has 0 bridgehead atoms. The number of oxime groups is 1. The molecule has 0 atom stereocenters. The Morgan fingerprint density at radius 1 is 1.47 bits per heavy atom. The molecule has 0 fully saturated rings. The van der Waals surface area contributed by atoms with E-state index in [4.69, 9.17) is 9.84 Å². The smallest absolute Gasteiger partial charge is 0.344 e. The molecule has 7 heteroatoms. The summed E-state index contributed by atoms with van der Waals surface area (Å²) in [6, 6.07) is 3.67. The van der Waals surface area contributed by atoms with Crippen LogP contribution in [-0.4, -0.2) is 30.5 Å². The normalized spacial score (nSPS) is 10.7. The average Bonchev–Trinajstić information content (AvgIpc) is 2.33. The molecule has 0 spiro atoms. The predicted octanol–water partition coefficient (Wildman–Crippen LogP) is 3.44. The molecule has 0 aliphatic rings. The third-order valence-corrected chi connectivity index (χ3v) is 2.99. The Labute approximate surface area is 127 Å².